The van der Waals surface area contributed by atoms with Crippen molar-refractivity contribution < 1.29 is 54.5 Å². The van der Waals surface area contributed by atoms with Gasteiger partial charge in [-0.15, -0.1) is 5.92 Å². The molecule has 6 aromatic rings. The summed E-state index contributed by atoms with van der Waals surface area (Å²) in [7, 11) is 0. The number of aromatic amines is 2. The number of nitrogens with zero attached hydrogens (tertiary/aromatic N) is 2. The van der Waals surface area contributed by atoms with Crippen LogP contribution in [0.2, 0.25) is 0 Å². The van der Waals surface area contributed by atoms with E-state index in [1.54, 1.807) is 37.4 Å². The number of aromatic nitrogens is 4. The molecule has 17 unspecified atom stereocenters. The lowest BCUT2D eigenvalue weighted by Gasteiger charge is -2.64. The van der Waals surface area contributed by atoms with E-state index in [0.717, 1.165) is 134 Å². The maximum Gasteiger partial charge on any atom is 0.261 e. The number of ether oxygens (including phenoxy) is 2. The van der Waals surface area contributed by atoms with Crippen molar-refractivity contribution in [2.24, 2.45) is 50.6 Å². The number of nitrogens with two attached hydrogens (primary N) is 1. The second-order valence-electron chi connectivity index (χ2n) is 34.9. The summed E-state index contributed by atoms with van der Waals surface area (Å²) in [5.74, 6) is 3.48. The highest BCUT2D eigenvalue weighted by molar-refractivity contribution is 6.34. The Bertz CT molecular complexity index is 5070. The van der Waals surface area contributed by atoms with Gasteiger partial charge in [-0.2, -0.15) is 0 Å². The number of imidazole rings is 1. The van der Waals surface area contributed by atoms with Crippen LogP contribution in [-0.4, -0.2) is 116 Å². The SMILES string of the molecule is Cc1cc(O)c2c(c1)C(=O)c1c(c3cc4c(nccc14)NCC(O)C14CC5(CCCC5)C5C#CCC67C=Cc8c([nH]c(c8C51)C1=CC5(O3)OC3(C1=C4CC1(CCC4(CCCC4)C1)C3O)C(O)C(O)C5O)C61c3[nH]cnc3C3(CCC(=O)CC3Cc3ccc4c(c3)C=CNC4N)CC1CCC7)C2=O. The minimum atomic E-state index is -2.57. The zero-order valence-corrected chi connectivity index (χ0v) is 57.3. The number of hydrogen-bond donors (Lipinski definition) is 11. The number of Topliss-reactive ketones (excluding diaryl/α,β-unsaturated/α-hetero) is 1. The van der Waals surface area contributed by atoms with Crippen LogP contribution < -0.4 is 21.1 Å². The van der Waals surface area contributed by atoms with Gasteiger partial charge in [0, 0.05) is 98.8 Å². The maximum atomic E-state index is 15.8. The van der Waals surface area contributed by atoms with Gasteiger partial charge < -0.3 is 66.4 Å². The summed E-state index contributed by atoms with van der Waals surface area (Å²) in [6.45, 7) is 1.68. The molecule has 3 aromatic carbocycles. The molecule has 0 radical (unpaired) electrons. The number of aryl methyl sites for hydroxylation is 1. The molecule has 17 atom stereocenters. The Hall–Kier alpha value is -7.99. The first-order valence-corrected chi connectivity index (χ1v) is 38.0. The number of aromatic hydroxyl groups is 1. The number of phenolic OH excluding ortho intramolecular Hbond substituents is 1. The summed E-state index contributed by atoms with van der Waals surface area (Å²) in [4.78, 5) is 64.6. The van der Waals surface area contributed by atoms with Gasteiger partial charge in [0.15, 0.2) is 17.5 Å². The number of ketones is 3. The Kier molecular flexibility index (Phi) is 12.1. The number of pyridine rings is 1. The number of carbonyl (C=O) groups excluding carboxylic acids is 3. The lowest BCUT2D eigenvalue weighted by atomic mass is 9.39. The van der Waals surface area contributed by atoms with Crippen molar-refractivity contribution in [3.8, 4) is 23.3 Å². The second kappa shape index (κ2) is 20.1. The van der Waals surface area contributed by atoms with Crippen molar-refractivity contribution in [1.29, 1.82) is 0 Å². The van der Waals surface area contributed by atoms with E-state index >= 15 is 9.59 Å². The second-order valence-corrected chi connectivity index (χ2v) is 34.9. The topological polar surface area (TPSA) is 298 Å². The summed E-state index contributed by atoms with van der Waals surface area (Å²) in [6.07, 6.45) is 21.4. The third kappa shape index (κ3) is 7.17. The molecule has 12 bridgehead atoms. The van der Waals surface area contributed by atoms with Crippen LogP contribution in [0.1, 0.15) is 235 Å². The van der Waals surface area contributed by atoms with Crippen LogP contribution in [0.25, 0.3) is 28.5 Å². The van der Waals surface area contributed by atoms with Crippen LogP contribution in [-0.2, 0) is 26.8 Å². The number of benzene rings is 3. The predicted octanol–water partition coefficient (Wildman–Crippen LogP) is 10.6. The standard InChI is InChI=1S/C84H85N7O11/c1-41-28-51-58(55(93)29-41)66(96)61-56-33-50-48(59(61)65(51)95)15-27-87-74(50)88-37-57(94)81-39-77(18-4-5-19-77)53-9-7-21-79-20-6-8-44-34-80(23-12-46(92)32-45(80)31-42-10-11-47-43(30-42)14-26-86-73(47)85)69-70(90-40-89-69)83(44,79)68-49(13-22-79)60(63(53)81)64(91-68)52-35-82(101-56)71(98)67(97)72(99)84(102-82)62(52)54(81)36-78(75(84)100)25-24-76(38-78)16-2-3-17-76/h10-11,13-15,22,26-30,33,35,40,44-45,53,57,63,67,71-73,75,86,91,93-94,97-100H,2-6,8,12,16-21,23-25,31-32,34,36-39,85H2,1H3,(H,87,88)(H,89,90). The molecule has 0 amide bonds. The molecule has 102 heavy (non-hydrogen) atoms. The lowest BCUT2D eigenvalue weighted by Crippen LogP contribution is -2.79. The number of rotatable bonds is 2. The van der Waals surface area contributed by atoms with Crippen LogP contribution in [0.4, 0.5) is 5.82 Å². The Labute approximate surface area is 590 Å². The fourth-order valence-corrected chi connectivity index (χ4v) is 26.8. The van der Waals surface area contributed by atoms with Gasteiger partial charge in [-0.25, -0.2) is 9.97 Å². The number of aliphatic hydroxyl groups excluding tert-OH is 5. The van der Waals surface area contributed by atoms with Crippen LogP contribution in [0.5, 0.6) is 11.5 Å². The quantitative estimate of drug-likeness (QED) is 0.0717. The van der Waals surface area contributed by atoms with Gasteiger partial charge in [-0.1, -0.05) is 73.9 Å². The Morgan fingerprint density at radius 2 is 1.67 bits per heavy atom. The first-order valence-electron chi connectivity index (χ1n) is 38.0. The molecule has 6 saturated carbocycles. The zero-order chi connectivity index (χ0) is 68.9. The highest BCUT2D eigenvalue weighted by Crippen LogP contribution is 2.80. The molecule has 9 spiro atoms. The molecule has 18 heteroatoms. The van der Waals surface area contributed by atoms with Crippen molar-refractivity contribution >= 4 is 51.7 Å². The minimum Gasteiger partial charge on any atom is -0.507 e. The van der Waals surface area contributed by atoms with E-state index in [9.17, 15) is 35.4 Å². The first kappa shape index (κ1) is 61.5. The van der Waals surface area contributed by atoms with Gasteiger partial charge in [0.05, 0.1) is 52.2 Å². The number of aliphatic hydroxyl groups is 5. The highest BCUT2D eigenvalue weighted by atomic mass is 16.7. The summed E-state index contributed by atoms with van der Waals surface area (Å²) in [5, 5.41) is 90.0. The fourth-order valence-electron chi connectivity index (χ4n) is 26.8. The molecule has 3 aromatic heterocycles. The summed E-state index contributed by atoms with van der Waals surface area (Å²) in [5.41, 5.74) is 10.3. The molecular formula is C84H85N7O11. The maximum absolute atomic E-state index is 15.8. The van der Waals surface area contributed by atoms with E-state index in [2.05, 4.69) is 68.9 Å². The van der Waals surface area contributed by atoms with Crippen molar-refractivity contribution in [2.75, 3.05) is 11.9 Å². The van der Waals surface area contributed by atoms with Crippen LogP contribution >= 0.6 is 0 Å². The molecule has 13 aliphatic carbocycles. The highest BCUT2D eigenvalue weighted by Gasteiger charge is 2.79. The van der Waals surface area contributed by atoms with E-state index in [-0.39, 0.29) is 69.7 Å². The number of hydrogen-bond acceptors (Lipinski definition) is 16. The number of H-pyrrole nitrogens is 2. The van der Waals surface area contributed by atoms with Gasteiger partial charge in [0.25, 0.3) is 5.79 Å². The van der Waals surface area contributed by atoms with Crippen molar-refractivity contribution in [3.05, 3.63) is 163 Å². The molecule has 1 saturated heterocycles. The van der Waals surface area contributed by atoms with Crippen LogP contribution in [0.3, 0.4) is 0 Å². The van der Waals surface area contributed by atoms with Crippen molar-refractivity contribution in [1.82, 2.24) is 25.3 Å². The van der Waals surface area contributed by atoms with E-state index in [1.165, 1.54) is 6.07 Å². The van der Waals surface area contributed by atoms with Crippen molar-refractivity contribution in [3.63, 3.8) is 0 Å². The monoisotopic (exact) mass is 1370 g/mol. The van der Waals surface area contributed by atoms with Gasteiger partial charge in [0.1, 0.15) is 41.5 Å². The number of fused-ring (bicyclic) bond motifs is 9. The van der Waals surface area contributed by atoms with E-state index in [4.69, 9.17) is 25.2 Å². The molecule has 18 aliphatic rings. The average Bonchev–Trinajstić information content (AvgIpc) is 1.40. The third-order valence-corrected chi connectivity index (χ3v) is 30.7. The lowest BCUT2D eigenvalue weighted by molar-refractivity contribution is -0.366. The molecule has 522 valence electrons. The normalized spacial score (nSPS) is 39.4. The molecule has 18 nitrogen and oxygen atoms in total. The Balaban J connectivity index is 0.843. The number of phenols is 1. The molecule has 7 fully saturated rings. The number of allylic oxidation sites excluding steroid dienone is 1. The number of anilines is 1. The van der Waals surface area contributed by atoms with E-state index in [1.807, 2.05) is 12.5 Å². The number of nitrogens with one attached hydrogen (secondary N) is 4. The largest absolute Gasteiger partial charge is 0.507 e. The molecule has 24 rings (SSSR count). The minimum absolute atomic E-state index is 0.00226. The van der Waals surface area contributed by atoms with Crippen LogP contribution in [0, 0.1) is 63.6 Å². The molecular weight excluding hydrogens is 1280 g/mol. The predicted molar refractivity (Wildman–Crippen MR) is 377 cm³/mol. The van der Waals surface area contributed by atoms with Crippen molar-refractivity contribution in [2.45, 2.75) is 213 Å². The Morgan fingerprint density at radius 1 is 0.824 bits per heavy atom. The molecule has 12 N–H and O–H groups in total. The number of carbonyl (C=O) groups is 3. The van der Waals surface area contributed by atoms with Gasteiger partial charge >= 0.3 is 0 Å². The first-order chi connectivity index (χ1) is 49.3. The smallest absolute Gasteiger partial charge is 0.261 e. The summed E-state index contributed by atoms with van der Waals surface area (Å²) < 4.78 is 15.5. The molecule has 5 aliphatic heterocycles. The Morgan fingerprint density at radius 3 is 2.52 bits per heavy atom. The summed E-state index contributed by atoms with van der Waals surface area (Å²) in [6, 6.07) is 12.8. The fraction of sp³-hybridized carbons (Fsp3) is 0.512. The molecule has 8 heterocycles. The zero-order valence-electron chi connectivity index (χ0n) is 57.3. The van der Waals surface area contributed by atoms with Gasteiger partial charge in [-0.05, 0) is 201 Å². The average molecular weight is 1370 g/mol. The van der Waals surface area contributed by atoms with Gasteiger partial charge in [-0.3, -0.25) is 14.4 Å². The third-order valence-electron chi connectivity index (χ3n) is 30.7. The van der Waals surface area contributed by atoms with Crippen LogP contribution in [0.15, 0.2) is 84.5 Å². The summed E-state index contributed by atoms with van der Waals surface area (Å²) >= 11 is 0. The van der Waals surface area contributed by atoms with Gasteiger partial charge in [0.2, 0.25) is 5.78 Å². The van der Waals surface area contributed by atoms with E-state index < -0.39 is 97.6 Å². The van der Waals surface area contributed by atoms with E-state index in [0.29, 0.717) is 96.8 Å².